The van der Waals surface area contributed by atoms with Gasteiger partial charge in [0, 0.05) is 25.4 Å². The molecule has 0 aliphatic heterocycles. The maximum atomic E-state index is 12.1. The van der Waals surface area contributed by atoms with Crippen molar-refractivity contribution in [1.29, 1.82) is 0 Å². The summed E-state index contributed by atoms with van der Waals surface area (Å²) in [6.45, 7) is 0.384. The van der Waals surface area contributed by atoms with Gasteiger partial charge in [-0.25, -0.2) is 13.4 Å². The van der Waals surface area contributed by atoms with E-state index in [1.807, 2.05) is 6.07 Å². The van der Waals surface area contributed by atoms with Gasteiger partial charge >= 0.3 is 0 Å². The van der Waals surface area contributed by atoms with Crippen LogP contribution >= 0.6 is 23.2 Å². The second kappa shape index (κ2) is 9.23. The van der Waals surface area contributed by atoms with Crippen LogP contribution in [0.2, 0.25) is 10.0 Å². The Labute approximate surface area is 176 Å². The summed E-state index contributed by atoms with van der Waals surface area (Å²) in [5.41, 5.74) is 1.14. The van der Waals surface area contributed by atoms with Crippen molar-refractivity contribution in [2.75, 3.05) is 18.6 Å². The zero-order valence-corrected chi connectivity index (χ0v) is 17.7. The summed E-state index contributed by atoms with van der Waals surface area (Å²) in [7, 11) is -3.17. The summed E-state index contributed by atoms with van der Waals surface area (Å²) in [5.74, 6) is 0.262. The number of halogens is 2. The lowest BCUT2D eigenvalue weighted by molar-refractivity contribution is 0.0371. The number of aromatic amines is 2. The molecule has 0 fully saturated rings. The fourth-order valence-corrected chi connectivity index (χ4v) is 3.30. The summed E-state index contributed by atoms with van der Waals surface area (Å²) >= 11 is 12.0. The van der Waals surface area contributed by atoms with Crippen LogP contribution in [-0.4, -0.2) is 53.4 Å². The van der Waals surface area contributed by atoms with Crippen LogP contribution in [0.15, 0.2) is 29.2 Å². The molecule has 9 nitrogen and oxygen atoms in total. The Kier molecular flexibility index (Phi) is 6.91. The van der Waals surface area contributed by atoms with Crippen LogP contribution in [0.4, 0.5) is 0 Å². The third kappa shape index (κ3) is 6.25. The van der Waals surface area contributed by atoms with Crippen LogP contribution in [0.3, 0.4) is 0 Å². The molecule has 0 radical (unpaired) electrons. The molecule has 1 aromatic carbocycles. The standard InChI is InChI=1S/C17H19Cl2N5O4S/c1-29(26,27)5-4-28-15(20-8-10-2-3-11(18)12(19)6-10)7-14-22-13-9-21-24-16(13)17(25)23-14/h2-3,6,9,15,20H,4-5,7-8H2,1H3,(H,21,24)(H,22,23,25)/t15-/m0/s1. The summed E-state index contributed by atoms with van der Waals surface area (Å²) in [6, 6.07) is 5.22. The van der Waals surface area contributed by atoms with Crippen molar-refractivity contribution < 1.29 is 13.2 Å². The Morgan fingerprint density at radius 1 is 1.28 bits per heavy atom. The van der Waals surface area contributed by atoms with E-state index in [-0.39, 0.29) is 29.9 Å². The zero-order valence-electron chi connectivity index (χ0n) is 15.4. The Hall–Kier alpha value is -1.98. The van der Waals surface area contributed by atoms with Crippen molar-refractivity contribution in [1.82, 2.24) is 25.5 Å². The number of benzene rings is 1. The minimum Gasteiger partial charge on any atom is -0.362 e. The van der Waals surface area contributed by atoms with Gasteiger partial charge in [0.05, 0.1) is 22.4 Å². The van der Waals surface area contributed by atoms with Crippen molar-refractivity contribution in [3.63, 3.8) is 0 Å². The molecule has 3 N–H and O–H groups in total. The van der Waals surface area contributed by atoms with Crippen LogP contribution in [0.1, 0.15) is 11.4 Å². The SMILES string of the molecule is CS(=O)(=O)CCO[C@@H](Cc1nc2c[nH]nc2c(=O)[nH]1)NCc1ccc(Cl)c(Cl)c1. The number of aromatic nitrogens is 4. The van der Waals surface area contributed by atoms with Gasteiger partial charge in [0.2, 0.25) is 0 Å². The minimum absolute atomic E-state index is 0.00391. The second-order valence-corrected chi connectivity index (χ2v) is 9.53. The molecular weight excluding hydrogens is 441 g/mol. The molecule has 29 heavy (non-hydrogen) atoms. The lowest BCUT2D eigenvalue weighted by Gasteiger charge is -2.19. The first-order valence-corrected chi connectivity index (χ1v) is 11.4. The Bertz CT molecular complexity index is 1160. The predicted molar refractivity (Wildman–Crippen MR) is 111 cm³/mol. The largest absolute Gasteiger partial charge is 0.362 e. The fourth-order valence-electron chi connectivity index (χ4n) is 2.58. The van der Waals surface area contributed by atoms with E-state index in [1.165, 1.54) is 6.20 Å². The molecule has 2 heterocycles. The number of ether oxygens (including phenoxy) is 1. The van der Waals surface area contributed by atoms with Gasteiger partial charge in [0.25, 0.3) is 5.56 Å². The Morgan fingerprint density at radius 3 is 2.79 bits per heavy atom. The van der Waals surface area contributed by atoms with Crippen LogP contribution < -0.4 is 10.9 Å². The number of fused-ring (bicyclic) bond motifs is 1. The lowest BCUT2D eigenvalue weighted by Crippen LogP contribution is -2.35. The highest BCUT2D eigenvalue weighted by Gasteiger charge is 2.15. The molecule has 0 aliphatic carbocycles. The first-order valence-electron chi connectivity index (χ1n) is 8.60. The molecule has 0 unspecified atom stereocenters. The monoisotopic (exact) mass is 459 g/mol. The fraction of sp³-hybridized carbons (Fsp3) is 0.353. The molecule has 3 rings (SSSR count). The molecule has 0 bridgehead atoms. The molecule has 1 atom stereocenters. The molecule has 0 aliphatic rings. The third-order valence-corrected chi connectivity index (χ3v) is 5.67. The van der Waals surface area contributed by atoms with Crippen molar-refractivity contribution in [2.45, 2.75) is 19.2 Å². The summed E-state index contributed by atoms with van der Waals surface area (Å²) in [5, 5.41) is 10.5. The van der Waals surface area contributed by atoms with Gasteiger partial charge in [-0.15, -0.1) is 0 Å². The molecule has 3 aromatic rings. The van der Waals surface area contributed by atoms with Crippen molar-refractivity contribution in [3.8, 4) is 0 Å². The van der Waals surface area contributed by atoms with E-state index in [0.29, 0.717) is 27.9 Å². The maximum absolute atomic E-state index is 12.1. The van der Waals surface area contributed by atoms with Gasteiger partial charge in [-0.3, -0.25) is 15.2 Å². The normalized spacial score (nSPS) is 13.1. The molecule has 0 saturated heterocycles. The molecule has 156 valence electrons. The molecule has 0 amide bonds. The van der Waals surface area contributed by atoms with E-state index in [1.54, 1.807) is 12.1 Å². The van der Waals surface area contributed by atoms with E-state index in [9.17, 15) is 13.2 Å². The predicted octanol–water partition coefficient (Wildman–Crippen LogP) is 1.67. The van der Waals surface area contributed by atoms with Crippen LogP contribution in [0, 0.1) is 0 Å². The maximum Gasteiger partial charge on any atom is 0.279 e. The van der Waals surface area contributed by atoms with E-state index in [2.05, 4.69) is 25.5 Å². The first kappa shape index (κ1) is 21.7. The number of H-pyrrole nitrogens is 2. The van der Waals surface area contributed by atoms with Crippen LogP contribution in [0.25, 0.3) is 11.0 Å². The number of nitrogens with one attached hydrogen (secondary N) is 3. The van der Waals surface area contributed by atoms with Gasteiger partial charge in [-0.1, -0.05) is 29.3 Å². The number of hydrogen-bond acceptors (Lipinski definition) is 7. The van der Waals surface area contributed by atoms with Crippen LogP contribution in [0.5, 0.6) is 0 Å². The van der Waals surface area contributed by atoms with Crippen LogP contribution in [-0.2, 0) is 27.5 Å². The first-order chi connectivity index (χ1) is 13.7. The lowest BCUT2D eigenvalue weighted by atomic mass is 10.2. The summed E-state index contributed by atoms with van der Waals surface area (Å²) in [4.78, 5) is 19.1. The van der Waals surface area contributed by atoms with E-state index in [4.69, 9.17) is 27.9 Å². The summed E-state index contributed by atoms with van der Waals surface area (Å²) < 4.78 is 28.5. The van der Waals surface area contributed by atoms with E-state index >= 15 is 0 Å². The average molecular weight is 460 g/mol. The highest BCUT2D eigenvalue weighted by molar-refractivity contribution is 7.90. The van der Waals surface area contributed by atoms with Crippen molar-refractivity contribution in [3.05, 3.63) is 56.2 Å². The average Bonchev–Trinajstić information content (AvgIpc) is 3.10. The zero-order chi connectivity index (χ0) is 21.0. The molecule has 0 spiro atoms. The Balaban J connectivity index is 1.73. The quantitative estimate of drug-likeness (QED) is 0.414. The van der Waals surface area contributed by atoms with Gasteiger partial charge in [0.1, 0.15) is 27.4 Å². The van der Waals surface area contributed by atoms with Gasteiger partial charge in [-0.2, -0.15) is 5.10 Å². The van der Waals surface area contributed by atoms with Crippen molar-refractivity contribution in [2.24, 2.45) is 0 Å². The number of nitrogens with zero attached hydrogens (tertiary/aromatic N) is 2. The second-order valence-electron chi connectivity index (χ2n) is 6.45. The van der Waals surface area contributed by atoms with Gasteiger partial charge in [-0.05, 0) is 17.7 Å². The summed E-state index contributed by atoms with van der Waals surface area (Å²) in [6.07, 6.45) is 2.28. The third-order valence-electron chi connectivity index (χ3n) is 4.02. The molecular formula is C17H19Cl2N5O4S. The number of hydrogen-bond donors (Lipinski definition) is 3. The van der Waals surface area contributed by atoms with Gasteiger partial charge in [0.15, 0.2) is 5.52 Å². The minimum atomic E-state index is -3.17. The highest BCUT2D eigenvalue weighted by Crippen LogP contribution is 2.22. The Morgan fingerprint density at radius 2 is 2.07 bits per heavy atom. The molecule has 2 aromatic heterocycles. The van der Waals surface area contributed by atoms with E-state index < -0.39 is 16.1 Å². The number of sulfone groups is 1. The van der Waals surface area contributed by atoms with Gasteiger partial charge < -0.3 is 9.72 Å². The molecule has 12 heteroatoms. The smallest absolute Gasteiger partial charge is 0.279 e. The van der Waals surface area contributed by atoms with Crippen molar-refractivity contribution >= 4 is 44.1 Å². The highest BCUT2D eigenvalue weighted by atomic mass is 35.5. The number of rotatable bonds is 9. The topological polar surface area (TPSA) is 130 Å². The van der Waals surface area contributed by atoms with E-state index in [0.717, 1.165) is 11.8 Å². The molecule has 0 saturated carbocycles.